The van der Waals surface area contributed by atoms with E-state index in [9.17, 15) is 0 Å². The Morgan fingerprint density at radius 2 is 1.57 bits per heavy atom. The highest BCUT2D eigenvalue weighted by Crippen LogP contribution is 2.31. The Bertz CT molecular complexity index is 728. The van der Waals surface area contributed by atoms with E-state index in [1.54, 1.807) is 0 Å². The van der Waals surface area contributed by atoms with Crippen molar-refractivity contribution in [2.24, 2.45) is 0 Å². The molecule has 1 atom stereocenters. The number of para-hydroxylation sites is 2. The molecule has 0 saturated carbocycles. The molecule has 3 rings (SSSR count). The Hall–Kier alpha value is -2.13. The number of anilines is 1. The quantitative estimate of drug-likeness (QED) is 0.495. The van der Waals surface area contributed by atoms with Crippen molar-refractivity contribution in [1.82, 2.24) is 10.3 Å². The minimum Gasteiger partial charge on any atom is -0.381 e. The molecule has 2 aromatic carbocycles. The normalized spacial score (nSPS) is 12.6. The van der Waals surface area contributed by atoms with Gasteiger partial charge in [0.2, 0.25) is 0 Å². The highest BCUT2D eigenvalue weighted by atomic mass is 14.9. The van der Waals surface area contributed by atoms with E-state index in [1.165, 1.54) is 22.9 Å². The molecule has 1 heterocycles. The molecule has 3 nitrogen and oxygen atoms in total. The summed E-state index contributed by atoms with van der Waals surface area (Å²) in [4.78, 5) is 4.78. The molecule has 1 aromatic heterocycles. The van der Waals surface area contributed by atoms with Crippen LogP contribution in [0.3, 0.4) is 0 Å². The van der Waals surface area contributed by atoms with E-state index >= 15 is 0 Å². The highest BCUT2D eigenvalue weighted by Gasteiger charge is 2.10. The first-order valence-corrected chi connectivity index (χ1v) is 8.54. The fraction of sp³-hybridized carbons (Fsp3) is 0.350. The molecule has 0 radical (unpaired) electrons. The predicted octanol–water partition coefficient (Wildman–Crippen LogP) is 4.58. The Balaban J connectivity index is 1.90. The largest absolute Gasteiger partial charge is 0.381 e. The van der Waals surface area contributed by atoms with Gasteiger partial charge in [0, 0.05) is 16.8 Å². The van der Waals surface area contributed by atoms with E-state index in [4.69, 9.17) is 4.98 Å². The van der Waals surface area contributed by atoms with Gasteiger partial charge in [0.15, 0.2) is 0 Å². The summed E-state index contributed by atoms with van der Waals surface area (Å²) in [7, 11) is 0. The molecule has 23 heavy (non-hydrogen) atoms. The van der Waals surface area contributed by atoms with E-state index in [2.05, 4.69) is 60.9 Å². The van der Waals surface area contributed by atoms with E-state index in [0.717, 1.165) is 30.5 Å². The molecule has 2 N–H and O–H groups in total. The maximum atomic E-state index is 4.78. The summed E-state index contributed by atoms with van der Waals surface area (Å²) >= 11 is 0. The number of hydrogen-bond acceptors (Lipinski definition) is 3. The minimum atomic E-state index is 0.433. The topological polar surface area (TPSA) is 37.0 Å². The molecule has 0 spiro atoms. The second-order valence-corrected chi connectivity index (χ2v) is 6.06. The summed E-state index contributed by atoms with van der Waals surface area (Å²) in [6.07, 6.45) is 2.33. The molecule has 3 heteroatoms. The first-order chi connectivity index (χ1) is 11.3. The third kappa shape index (κ3) is 3.62. The summed E-state index contributed by atoms with van der Waals surface area (Å²) < 4.78 is 0. The smallest absolute Gasteiger partial charge is 0.0730 e. The number of aromatic nitrogens is 1. The minimum absolute atomic E-state index is 0.433. The van der Waals surface area contributed by atoms with Crippen molar-refractivity contribution in [3.63, 3.8) is 0 Å². The van der Waals surface area contributed by atoms with E-state index in [-0.39, 0.29) is 0 Å². The van der Waals surface area contributed by atoms with Crippen LogP contribution in [0.5, 0.6) is 0 Å². The van der Waals surface area contributed by atoms with Crippen molar-refractivity contribution in [3.05, 3.63) is 48.5 Å². The second kappa shape index (κ2) is 7.42. The maximum Gasteiger partial charge on any atom is 0.0730 e. The molecule has 120 valence electrons. The van der Waals surface area contributed by atoms with Crippen molar-refractivity contribution in [2.45, 2.75) is 32.7 Å². The molecule has 0 aliphatic rings. The average Bonchev–Trinajstić information content (AvgIpc) is 2.58. The van der Waals surface area contributed by atoms with E-state index in [1.807, 2.05) is 12.1 Å². The van der Waals surface area contributed by atoms with Gasteiger partial charge in [-0.15, -0.1) is 0 Å². The lowest BCUT2D eigenvalue weighted by molar-refractivity contribution is 0.604. The predicted molar refractivity (Wildman–Crippen MR) is 100 cm³/mol. The molecule has 3 aromatic rings. The third-order valence-corrected chi connectivity index (χ3v) is 4.22. The van der Waals surface area contributed by atoms with Gasteiger partial charge in [-0.2, -0.15) is 0 Å². The Morgan fingerprint density at radius 1 is 0.957 bits per heavy atom. The summed E-state index contributed by atoms with van der Waals surface area (Å²) in [5, 5.41) is 9.52. The van der Waals surface area contributed by atoms with E-state index in [0.29, 0.717) is 6.04 Å². The second-order valence-electron chi connectivity index (χ2n) is 6.06. The number of pyridine rings is 1. The number of nitrogens with zero attached hydrogens (tertiary/aromatic N) is 1. The van der Waals surface area contributed by atoms with Gasteiger partial charge in [-0.25, -0.2) is 4.98 Å². The van der Waals surface area contributed by atoms with Crippen LogP contribution in [0.2, 0.25) is 0 Å². The fourth-order valence-corrected chi connectivity index (χ4v) is 3.02. The molecule has 0 aliphatic carbocycles. The zero-order valence-electron chi connectivity index (χ0n) is 14.0. The van der Waals surface area contributed by atoms with Crippen LogP contribution >= 0.6 is 0 Å². The zero-order valence-corrected chi connectivity index (χ0v) is 14.0. The van der Waals surface area contributed by atoms with Gasteiger partial charge in [-0.1, -0.05) is 43.3 Å². The lowest BCUT2D eigenvalue weighted by atomic mass is 10.1. The molecular formula is C20H25N3. The Morgan fingerprint density at radius 3 is 2.17 bits per heavy atom. The van der Waals surface area contributed by atoms with Crippen molar-refractivity contribution >= 4 is 27.5 Å². The van der Waals surface area contributed by atoms with Crippen molar-refractivity contribution in [3.8, 4) is 0 Å². The van der Waals surface area contributed by atoms with Crippen LogP contribution in [-0.2, 0) is 0 Å². The zero-order chi connectivity index (χ0) is 16.1. The summed E-state index contributed by atoms with van der Waals surface area (Å²) in [6, 6.07) is 17.2. The Labute approximate surface area is 138 Å². The molecule has 0 amide bonds. The average molecular weight is 307 g/mol. The molecular weight excluding hydrogens is 282 g/mol. The summed E-state index contributed by atoms with van der Waals surface area (Å²) in [6.45, 7) is 6.54. The van der Waals surface area contributed by atoms with Crippen LogP contribution in [0.15, 0.2) is 48.5 Å². The standard InChI is InChI=1S/C20H25N3/c1-3-21-14-8-9-15(2)22-20-16-10-4-6-12-18(16)23-19-13-7-5-11-17(19)20/h4-7,10-13,15,21H,3,8-9,14H2,1-2H3,(H,22,23). The lowest BCUT2D eigenvalue weighted by Crippen LogP contribution is -2.20. The van der Waals surface area contributed by atoms with Crippen molar-refractivity contribution < 1.29 is 0 Å². The van der Waals surface area contributed by atoms with Gasteiger partial charge in [-0.05, 0) is 45.0 Å². The first kappa shape index (κ1) is 15.8. The summed E-state index contributed by atoms with van der Waals surface area (Å²) in [5.74, 6) is 0. The summed E-state index contributed by atoms with van der Waals surface area (Å²) in [5.41, 5.74) is 3.31. The number of fused-ring (bicyclic) bond motifs is 2. The lowest BCUT2D eigenvalue weighted by Gasteiger charge is -2.19. The SMILES string of the molecule is CCNCCCC(C)Nc1c2ccccc2nc2ccccc12. The highest BCUT2D eigenvalue weighted by molar-refractivity contribution is 6.07. The molecule has 0 fully saturated rings. The van der Waals surface area contributed by atoms with Crippen LogP contribution in [0.4, 0.5) is 5.69 Å². The van der Waals surface area contributed by atoms with Crippen LogP contribution in [0, 0.1) is 0 Å². The molecule has 1 unspecified atom stereocenters. The molecule has 0 aliphatic heterocycles. The fourth-order valence-electron chi connectivity index (χ4n) is 3.02. The van der Waals surface area contributed by atoms with Crippen LogP contribution in [0.1, 0.15) is 26.7 Å². The van der Waals surface area contributed by atoms with Gasteiger partial charge in [-0.3, -0.25) is 0 Å². The van der Waals surface area contributed by atoms with Gasteiger partial charge in [0.1, 0.15) is 0 Å². The number of hydrogen-bond donors (Lipinski definition) is 2. The van der Waals surface area contributed by atoms with Crippen LogP contribution in [-0.4, -0.2) is 24.1 Å². The third-order valence-electron chi connectivity index (χ3n) is 4.22. The van der Waals surface area contributed by atoms with Crippen LogP contribution in [0.25, 0.3) is 21.8 Å². The Kier molecular flexibility index (Phi) is 5.09. The van der Waals surface area contributed by atoms with Crippen molar-refractivity contribution in [1.29, 1.82) is 0 Å². The monoisotopic (exact) mass is 307 g/mol. The molecule has 0 bridgehead atoms. The van der Waals surface area contributed by atoms with Gasteiger partial charge >= 0.3 is 0 Å². The first-order valence-electron chi connectivity index (χ1n) is 8.54. The van der Waals surface area contributed by atoms with Gasteiger partial charge in [0.25, 0.3) is 0 Å². The van der Waals surface area contributed by atoms with E-state index < -0.39 is 0 Å². The van der Waals surface area contributed by atoms with Crippen LogP contribution < -0.4 is 10.6 Å². The van der Waals surface area contributed by atoms with Gasteiger partial charge in [0.05, 0.1) is 16.7 Å². The number of rotatable bonds is 7. The number of benzene rings is 2. The van der Waals surface area contributed by atoms with Crippen molar-refractivity contribution in [2.75, 3.05) is 18.4 Å². The molecule has 0 saturated heterocycles. The van der Waals surface area contributed by atoms with Gasteiger partial charge < -0.3 is 10.6 Å². The number of nitrogens with one attached hydrogen (secondary N) is 2. The maximum absolute atomic E-state index is 4.78.